The summed E-state index contributed by atoms with van der Waals surface area (Å²) >= 11 is 0. The summed E-state index contributed by atoms with van der Waals surface area (Å²) in [6.45, 7) is 3.14. The van der Waals surface area contributed by atoms with Gasteiger partial charge >= 0.3 is 0 Å². The van der Waals surface area contributed by atoms with Crippen molar-refractivity contribution in [3.63, 3.8) is 0 Å². The van der Waals surface area contributed by atoms with Crippen LogP contribution in [0.1, 0.15) is 36.0 Å². The molecule has 1 aliphatic rings. The van der Waals surface area contributed by atoms with Crippen molar-refractivity contribution in [1.29, 1.82) is 0 Å². The summed E-state index contributed by atoms with van der Waals surface area (Å²) in [5.41, 5.74) is 2.28. The fourth-order valence-electron chi connectivity index (χ4n) is 3.55. The van der Waals surface area contributed by atoms with Gasteiger partial charge in [-0.2, -0.15) is 0 Å². The Balaban J connectivity index is 1.70. The molecule has 0 aliphatic carbocycles. The molecule has 130 valence electrons. The molecule has 0 spiro atoms. The normalized spacial score (nSPS) is 18.3. The molecule has 0 saturated carbocycles. The first kappa shape index (κ1) is 16.0. The molecule has 0 bridgehead atoms. The van der Waals surface area contributed by atoms with Crippen molar-refractivity contribution in [1.82, 2.24) is 19.6 Å². The van der Waals surface area contributed by atoms with Gasteiger partial charge in [0, 0.05) is 25.7 Å². The van der Waals surface area contributed by atoms with Crippen LogP contribution >= 0.6 is 0 Å². The van der Waals surface area contributed by atoms with Gasteiger partial charge in [-0.3, -0.25) is 9.69 Å². The standard InChI is InChI=1S/C18H19FN4O2/c1-11-8-14(21-25-11)17-4-3-7-23(17)10-15-18(24)22(2)16-6-5-12(19)9-13(16)20-15/h5-6,8-9,17H,3-4,7,10H2,1-2H3. The molecule has 6 nitrogen and oxygen atoms in total. The van der Waals surface area contributed by atoms with Crippen LogP contribution in [0.3, 0.4) is 0 Å². The predicted octanol–water partition coefficient (Wildman–Crippen LogP) is 2.71. The first-order chi connectivity index (χ1) is 12.0. The summed E-state index contributed by atoms with van der Waals surface area (Å²) in [5, 5.41) is 4.12. The fraction of sp³-hybridized carbons (Fsp3) is 0.389. The lowest BCUT2D eigenvalue weighted by molar-refractivity contribution is 0.233. The number of rotatable bonds is 3. The molecular weight excluding hydrogens is 323 g/mol. The molecule has 1 saturated heterocycles. The Kier molecular flexibility index (Phi) is 3.88. The Labute approximate surface area is 143 Å². The highest BCUT2D eigenvalue weighted by atomic mass is 19.1. The van der Waals surface area contributed by atoms with Gasteiger partial charge in [0.1, 0.15) is 23.0 Å². The smallest absolute Gasteiger partial charge is 0.273 e. The first-order valence-electron chi connectivity index (χ1n) is 8.35. The van der Waals surface area contributed by atoms with Crippen LogP contribution in [0.4, 0.5) is 4.39 Å². The van der Waals surface area contributed by atoms with Crippen LogP contribution in [0.5, 0.6) is 0 Å². The summed E-state index contributed by atoms with van der Waals surface area (Å²) in [6.07, 6.45) is 1.99. The van der Waals surface area contributed by atoms with Gasteiger partial charge in [0.2, 0.25) is 0 Å². The third-order valence-corrected chi connectivity index (χ3v) is 4.81. The molecule has 25 heavy (non-hydrogen) atoms. The molecule has 0 amide bonds. The van der Waals surface area contributed by atoms with E-state index in [0.717, 1.165) is 30.8 Å². The number of fused-ring (bicyclic) bond motifs is 1. The number of nitrogens with zero attached hydrogens (tertiary/aromatic N) is 4. The molecule has 7 heteroatoms. The van der Waals surface area contributed by atoms with Crippen molar-refractivity contribution in [2.24, 2.45) is 7.05 Å². The SMILES string of the molecule is Cc1cc(C2CCCN2Cc2nc3cc(F)ccc3n(C)c2=O)no1. The third kappa shape index (κ3) is 2.84. The van der Waals surface area contributed by atoms with E-state index in [1.807, 2.05) is 13.0 Å². The predicted molar refractivity (Wildman–Crippen MR) is 90.6 cm³/mol. The Morgan fingerprint density at radius 1 is 1.36 bits per heavy atom. The third-order valence-electron chi connectivity index (χ3n) is 4.81. The van der Waals surface area contributed by atoms with Crippen molar-refractivity contribution < 1.29 is 8.91 Å². The lowest BCUT2D eigenvalue weighted by Crippen LogP contribution is -2.30. The van der Waals surface area contributed by atoms with E-state index in [-0.39, 0.29) is 17.4 Å². The van der Waals surface area contributed by atoms with Crippen LogP contribution in [-0.2, 0) is 13.6 Å². The summed E-state index contributed by atoms with van der Waals surface area (Å²) in [4.78, 5) is 19.3. The Morgan fingerprint density at radius 3 is 2.96 bits per heavy atom. The summed E-state index contributed by atoms with van der Waals surface area (Å²) < 4.78 is 20.3. The number of halogens is 1. The van der Waals surface area contributed by atoms with Crippen LogP contribution < -0.4 is 5.56 Å². The van der Waals surface area contributed by atoms with Crippen molar-refractivity contribution >= 4 is 11.0 Å². The van der Waals surface area contributed by atoms with Gasteiger partial charge < -0.3 is 9.09 Å². The van der Waals surface area contributed by atoms with Crippen LogP contribution in [0.25, 0.3) is 11.0 Å². The number of aromatic nitrogens is 3. The molecule has 1 aromatic carbocycles. The highest BCUT2D eigenvalue weighted by molar-refractivity contribution is 5.74. The van der Waals surface area contributed by atoms with Gasteiger partial charge in [-0.15, -0.1) is 0 Å². The Hall–Kier alpha value is -2.54. The summed E-state index contributed by atoms with van der Waals surface area (Å²) in [7, 11) is 1.69. The van der Waals surface area contributed by atoms with Crippen LogP contribution in [0, 0.1) is 12.7 Å². The molecule has 4 rings (SSSR count). The van der Waals surface area contributed by atoms with Gasteiger partial charge in [0.05, 0.1) is 17.1 Å². The quantitative estimate of drug-likeness (QED) is 0.732. The monoisotopic (exact) mass is 342 g/mol. The minimum Gasteiger partial charge on any atom is -0.361 e. The largest absolute Gasteiger partial charge is 0.361 e. The Bertz CT molecular complexity index is 994. The van der Waals surface area contributed by atoms with Crippen LogP contribution in [0.2, 0.25) is 0 Å². The maximum absolute atomic E-state index is 13.5. The second-order valence-electron chi connectivity index (χ2n) is 6.55. The average molecular weight is 342 g/mol. The number of hydrogen-bond acceptors (Lipinski definition) is 5. The molecule has 2 aromatic heterocycles. The van der Waals surface area contributed by atoms with E-state index in [1.165, 1.54) is 16.7 Å². The van der Waals surface area contributed by atoms with E-state index in [2.05, 4.69) is 15.0 Å². The lowest BCUT2D eigenvalue weighted by Gasteiger charge is -2.22. The van der Waals surface area contributed by atoms with Crippen molar-refractivity contribution in [3.8, 4) is 0 Å². The van der Waals surface area contributed by atoms with E-state index in [4.69, 9.17) is 4.52 Å². The molecule has 3 aromatic rings. The zero-order valence-electron chi connectivity index (χ0n) is 14.2. The van der Waals surface area contributed by atoms with Gasteiger partial charge in [-0.1, -0.05) is 5.16 Å². The average Bonchev–Trinajstić information content (AvgIpc) is 3.20. The molecule has 0 N–H and O–H groups in total. The minimum absolute atomic E-state index is 0.118. The van der Waals surface area contributed by atoms with Crippen molar-refractivity contribution in [2.75, 3.05) is 6.54 Å². The highest BCUT2D eigenvalue weighted by Gasteiger charge is 2.29. The highest BCUT2D eigenvalue weighted by Crippen LogP contribution is 2.32. The maximum Gasteiger partial charge on any atom is 0.273 e. The molecular formula is C18H19FN4O2. The first-order valence-corrected chi connectivity index (χ1v) is 8.35. The maximum atomic E-state index is 13.5. The molecule has 3 heterocycles. The topological polar surface area (TPSA) is 64.2 Å². The summed E-state index contributed by atoms with van der Waals surface area (Å²) in [5.74, 6) is 0.416. The van der Waals surface area contributed by atoms with Crippen molar-refractivity contribution in [3.05, 3.63) is 57.6 Å². The van der Waals surface area contributed by atoms with E-state index in [1.54, 1.807) is 13.1 Å². The Morgan fingerprint density at radius 2 is 2.20 bits per heavy atom. The fourth-order valence-corrected chi connectivity index (χ4v) is 3.55. The number of benzene rings is 1. The minimum atomic E-state index is -0.360. The number of likely N-dealkylation sites (tertiary alicyclic amines) is 1. The van der Waals surface area contributed by atoms with Gasteiger partial charge in [0.15, 0.2) is 0 Å². The van der Waals surface area contributed by atoms with Crippen LogP contribution in [-0.4, -0.2) is 26.2 Å². The molecule has 0 radical (unpaired) electrons. The van der Waals surface area contributed by atoms with Gasteiger partial charge in [0.25, 0.3) is 5.56 Å². The van der Waals surface area contributed by atoms with Crippen molar-refractivity contribution in [2.45, 2.75) is 32.4 Å². The van der Waals surface area contributed by atoms with E-state index in [9.17, 15) is 9.18 Å². The zero-order chi connectivity index (χ0) is 17.6. The summed E-state index contributed by atoms with van der Waals surface area (Å²) in [6, 6.07) is 6.34. The number of hydrogen-bond donors (Lipinski definition) is 0. The van der Waals surface area contributed by atoms with E-state index in [0.29, 0.717) is 23.3 Å². The lowest BCUT2D eigenvalue weighted by atomic mass is 10.1. The number of aryl methyl sites for hydroxylation is 2. The zero-order valence-corrected chi connectivity index (χ0v) is 14.2. The van der Waals surface area contributed by atoms with Crippen LogP contribution in [0.15, 0.2) is 33.6 Å². The molecule has 1 atom stereocenters. The molecule has 1 fully saturated rings. The van der Waals surface area contributed by atoms with Gasteiger partial charge in [-0.25, -0.2) is 9.37 Å². The molecule has 1 aliphatic heterocycles. The van der Waals surface area contributed by atoms with E-state index < -0.39 is 0 Å². The second-order valence-corrected chi connectivity index (χ2v) is 6.55. The van der Waals surface area contributed by atoms with Gasteiger partial charge in [-0.05, 0) is 38.4 Å². The molecule has 1 unspecified atom stereocenters. The second kappa shape index (κ2) is 6.07. The van der Waals surface area contributed by atoms with E-state index >= 15 is 0 Å².